The molecule has 0 spiro atoms. The molecule has 0 aromatic heterocycles. The van der Waals surface area contributed by atoms with E-state index in [-0.39, 0.29) is 17.9 Å². The fraction of sp³-hybridized carbons (Fsp3) is 0.933. The van der Waals surface area contributed by atoms with Crippen LogP contribution >= 0.6 is 0 Å². The van der Waals surface area contributed by atoms with Crippen LogP contribution in [0.2, 0.25) is 0 Å². The van der Waals surface area contributed by atoms with Gasteiger partial charge in [-0.2, -0.15) is 0 Å². The SMILES string of the molecule is CC[C@H](C)[C@H](N)C(=O)N1CCN(C[C@@H]2CCOC2)CC1. The second-order valence-electron chi connectivity index (χ2n) is 6.27. The van der Waals surface area contributed by atoms with Crippen LogP contribution in [0.4, 0.5) is 0 Å². The van der Waals surface area contributed by atoms with Crippen molar-refractivity contribution in [1.29, 1.82) is 0 Å². The van der Waals surface area contributed by atoms with Gasteiger partial charge in [0.2, 0.25) is 5.91 Å². The highest BCUT2D eigenvalue weighted by atomic mass is 16.5. The molecule has 116 valence electrons. The summed E-state index contributed by atoms with van der Waals surface area (Å²) in [5.41, 5.74) is 6.05. The summed E-state index contributed by atoms with van der Waals surface area (Å²) in [7, 11) is 0. The normalized spacial score (nSPS) is 27.6. The zero-order valence-electron chi connectivity index (χ0n) is 12.9. The fourth-order valence-corrected chi connectivity index (χ4v) is 2.95. The van der Waals surface area contributed by atoms with Gasteiger partial charge in [0, 0.05) is 39.3 Å². The van der Waals surface area contributed by atoms with E-state index in [0.717, 1.165) is 52.4 Å². The number of nitrogens with two attached hydrogens (primary N) is 1. The molecule has 2 N–H and O–H groups in total. The lowest BCUT2D eigenvalue weighted by atomic mass is 9.98. The van der Waals surface area contributed by atoms with E-state index >= 15 is 0 Å². The molecule has 5 heteroatoms. The second-order valence-corrected chi connectivity index (χ2v) is 6.27. The number of nitrogens with zero attached hydrogens (tertiary/aromatic N) is 2. The maximum Gasteiger partial charge on any atom is 0.239 e. The monoisotopic (exact) mass is 283 g/mol. The molecule has 2 saturated heterocycles. The van der Waals surface area contributed by atoms with Gasteiger partial charge in [0.05, 0.1) is 12.6 Å². The highest BCUT2D eigenvalue weighted by Gasteiger charge is 2.28. The second kappa shape index (κ2) is 7.38. The Morgan fingerprint density at radius 2 is 2.05 bits per heavy atom. The number of carbonyl (C=O) groups is 1. The van der Waals surface area contributed by atoms with Gasteiger partial charge >= 0.3 is 0 Å². The van der Waals surface area contributed by atoms with Crippen molar-refractivity contribution in [1.82, 2.24) is 9.80 Å². The zero-order valence-corrected chi connectivity index (χ0v) is 12.9. The minimum absolute atomic E-state index is 0.128. The standard InChI is InChI=1S/C15H29N3O2/c1-3-12(2)14(16)15(19)18-7-5-17(6-8-18)10-13-4-9-20-11-13/h12-14H,3-11,16H2,1-2H3/t12-,13-,14-/m0/s1. The maximum atomic E-state index is 12.3. The van der Waals surface area contributed by atoms with Gasteiger partial charge in [-0.05, 0) is 18.3 Å². The van der Waals surface area contributed by atoms with Crippen LogP contribution in [0.1, 0.15) is 26.7 Å². The largest absolute Gasteiger partial charge is 0.381 e. The number of hydrogen-bond acceptors (Lipinski definition) is 4. The number of ether oxygens (including phenoxy) is 1. The van der Waals surface area contributed by atoms with Crippen LogP contribution in [0.5, 0.6) is 0 Å². The smallest absolute Gasteiger partial charge is 0.239 e. The molecular weight excluding hydrogens is 254 g/mol. The third-order valence-corrected chi connectivity index (χ3v) is 4.77. The molecule has 2 aliphatic rings. The summed E-state index contributed by atoms with van der Waals surface area (Å²) in [5.74, 6) is 1.07. The molecule has 1 amide bonds. The summed E-state index contributed by atoms with van der Waals surface area (Å²) in [6, 6.07) is -0.338. The highest BCUT2D eigenvalue weighted by Crippen LogP contribution is 2.16. The van der Waals surface area contributed by atoms with E-state index in [1.807, 2.05) is 4.90 Å². The molecule has 2 fully saturated rings. The molecule has 20 heavy (non-hydrogen) atoms. The predicted molar refractivity (Wildman–Crippen MR) is 79.4 cm³/mol. The lowest BCUT2D eigenvalue weighted by molar-refractivity contribution is -0.135. The average Bonchev–Trinajstić information content (AvgIpc) is 2.98. The van der Waals surface area contributed by atoms with E-state index in [9.17, 15) is 4.79 Å². The van der Waals surface area contributed by atoms with E-state index in [1.165, 1.54) is 6.42 Å². The third-order valence-electron chi connectivity index (χ3n) is 4.77. The van der Waals surface area contributed by atoms with Crippen molar-refractivity contribution in [2.24, 2.45) is 17.6 Å². The number of amides is 1. The first-order valence-corrected chi connectivity index (χ1v) is 7.96. The number of piperazine rings is 1. The van der Waals surface area contributed by atoms with Gasteiger partial charge in [0.25, 0.3) is 0 Å². The molecule has 3 atom stereocenters. The Bertz CT molecular complexity index is 310. The molecule has 0 aliphatic carbocycles. The summed E-state index contributed by atoms with van der Waals surface area (Å²) in [5, 5.41) is 0. The Labute approximate surface area is 122 Å². The molecule has 2 heterocycles. The van der Waals surface area contributed by atoms with Crippen molar-refractivity contribution in [2.75, 3.05) is 45.9 Å². The zero-order chi connectivity index (χ0) is 14.5. The van der Waals surface area contributed by atoms with Gasteiger partial charge in [0.15, 0.2) is 0 Å². The van der Waals surface area contributed by atoms with Crippen LogP contribution in [0.15, 0.2) is 0 Å². The van der Waals surface area contributed by atoms with E-state index < -0.39 is 0 Å². The molecular formula is C15H29N3O2. The topological polar surface area (TPSA) is 58.8 Å². The van der Waals surface area contributed by atoms with Gasteiger partial charge in [-0.15, -0.1) is 0 Å². The van der Waals surface area contributed by atoms with Gasteiger partial charge in [-0.1, -0.05) is 20.3 Å². The van der Waals surface area contributed by atoms with E-state index in [4.69, 9.17) is 10.5 Å². The predicted octanol–water partition coefficient (Wildman–Crippen LogP) is 0.541. The number of carbonyl (C=O) groups excluding carboxylic acids is 1. The Balaban J connectivity index is 1.74. The first-order chi connectivity index (χ1) is 9.61. The first-order valence-electron chi connectivity index (χ1n) is 7.96. The first kappa shape index (κ1) is 15.7. The van der Waals surface area contributed by atoms with Gasteiger partial charge in [0.1, 0.15) is 0 Å². The minimum atomic E-state index is -0.338. The highest BCUT2D eigenvalue weighted by molar-refractivity contribution is 5.82. The van der Waals surface area contributed by atoms with Crippen LogP contribution in [-0.4, -0.2) is 67.7 Å². The van der Waals surface area contributed by atoms with Gasteiger partial charge in [-0.25, -0.2) is 0 Å². The average molecular weight is 283 g/mol. The summed E-state index contributed by atoms with van der Waals surface area (Å²) < 4.78 is 5.42. The Kier molecular flexibility index (Phi) is 5.81. The summed E-state index contributed by atoms with van der Waals surface area (Å²) >= 11 is 0. The molecule has 5 nitrogen and oxygen atoms in total. The van der Waals surface area contributed by atoms with Crippen molar-refractivity contribution in [3.8, 4) is 0 Å². The summed E-state index contributed by atoms with van der Waals surface area (Å²) in [4.78, 5) is 16.7. The van der Waals surface area contributed by atoms with E-state index in [2.05, 4.69) is 18.7 Å². The van der Waals surface area contributed by atoms with Crippen molar-refractivity contribution in [3.05, 3.63) is 0 Å². The molecule has 0 saturated carbocycles. The summed E-state index contributed by atoms with van der Waals surface area (Å²) in [6.07, 6.45) is 2.13. The van der Waals surface area contributed by atoms with E-state index in [0.29, 0.717) is 5.92 Å². The summed E-state index contributed by atoms with van der Waals surface area (Å²) in [6.45, 7) is 10.6. The Morgan fingerprint density at radius 3 is 2.60 bits per heavy atom. The van der Waals surface area contributed by atoms with Gasteiger partial charge < -0.3 is 15.4 Å². The third kappa shape index (κ3) is 3.93. The molecule has 0 radical (unpaired) electrons. The molecule has 0 aromatic rings. The lowest BCUT2D eigenvalue weighted by Crippen LogP contribution is -2.55. The molecule has 0 bridgehead atoms. The van der Waals surface area contributed by atoms with Crippen LogP contribution in [0.3, 0.4) is 0 Å². The van der Waals surface area contributed by atoms with Crippen molar-refractivity contribution in [3.63, 3.8) is 0 Å². The van der Waals surface area contributed by atoms with E-state index in [1.54, 1.807) is 0 Å². The quantitative estimate of drug-likeness (QED) is 0.800. The van der Waals surface area contributed by atoms with Crippen LogP contribution in [0, 0.1) is 11.8 Å². The minimum Gasteiger partial charge on any atom is -0.381 e. The van der Waals surface area contributed by atoms with Crippen LogP contribution < -0.4 is 5.73 Å². The van der Waals surface area contributed by atoms with Crippen molar-refractivity contribution in [2.45, 2.75) is 32.7 Å². The maximum absolute atomic E-state index is 12.3. The van der Waals surface area contributed by atoms with Crippen LogP contribution in [0.25, 0.3) is 0 Å². The lowest BCUT2D eigenvalue weighted by Gasteiger charge is -2.37. The number of hydrogen-bond donors (Lipinski definition) is 1. The van der Waals surface area contributed by atoms with Crippen molar-refractivity contribution >= 4 is 5.91 Å². The van der Waals surface area contributed by atoms with Gasteiger partial charge in [-0.3, -0.25) is 9.69 Å². The Hall–Kier alpha value is -0.650. The molecule has 2 aliphatic heterocycles. The molecule has 2 rings (SSSR count). The molecule has 0 aromatic carbocycles. The fourth-order valence-electron chi connectivity index (χ4n) is 2.95. The van der Waals surface area contributed by atoms with Crippen molar-refractivity contribution < 1.29 is 9.53 Å². The Morgan fingerprint density at radius 1 is 1.35 bits per heavy atom. The van der Waals surface area contributed by atoms with Crippen LogP contribution in [-0.2, 0) is 9.53 Å². The number of rotatable bonds is 5. The molecule has 0 unspecified atom stereocenters.